The molecule has 0 bridgehead atoms. The second-order valence-corrected chi connectivity index (χ2v) is 3.66. The first-order valence-corrected chi connectivity index (χ1v) is 4.72. The molecule has 0 aliphatic heterocycles. The molecule has 1 rings (SSSR count). The molecule has 0 aliphatic rings. The molecule has 0 radical (unpaired) electrons. The first-order valence-electron chi connectivity index (χ1n) is 3.95. The zero-order valence-electron chi connectivity index (χ0n) is 7.52. The third-order valence-electron chi connectivity index (χ3n) is 1.24. The summed E-state index contributed by atoms with van der Waals surface area (Å²) in [6, 6.07) is 0. The third kappa shape index (κ3) is 3.80. The topological polar surface area (TPSA) is 54.9 Å². The lowest BCUT2D eigenvalue weighted by atomic mass is 10.2. The largest absolute Gasteiger partial charge is 0.311 e. The Kier molecular flexibility index (Phi) is 3.57. The van der Waals surface area contributed by atoms with E-state index in [1.165, 1.54) is 12.3 Å². The number of aromatic nitrogens is 2. The first kappa shape index (κ1) is 9.85. The van der Waals surface area contributed by atoms with Crippen LogP contribution in [0.1, 0.15) is 13.8 Å². The predicted molar refractivity (Wildman–Crippen MR) is 52.5 cm³/mol. The van der Waals surface area contributed by atoms with Gasteiger partial charge in [0, 0.05) is 11.5 Å². The van der Waals surface area contributed by atoms with Crippen LogP contribution in [0.5, 0.6) is 0 Å². The highest BCUT2D eigenvalue weighted by atomic mass is 32.1. The van der Waals surface area contributed by atoms with E-state index < -0.39 is 0 Å². The molecule has 0 aromatic carbocycles. The normalized spacial score (nSPS) is 11.0. The second kappa shape index (κ2) is 4.71. The molecule has 0 unspecified atom stereocenters. The van der Waals surface area contributed by atoms with Crippen molar-refractivity contribution in [3.8, 4) is 0 Å². The molecule has 1 aromatic heterocycles. The van der Waals surface area contributed by atoms with Crippen LogP contribution in [-0.2, 0) is 4.79 Å². The van der Waals surface area contributed by atoms with E-state index >= 15 is 0 Å². The summed E-state index contributed by atoms with van der Waals surface area (Å²) in [5, 5.41) is 6.91. The Hall–Kier alpha value is -1.23. The van der Waals surface area contributed by atoms with E-state index in [0.29, 0.717) is 10.9 Å². The fourth-order valence-electron chi connectivity index (χ4n) is 0.665. The number of anilines is 1. The highest BCUT2D eigenvalue weighted by Gasteiger charge is 1.99. The van der Waals surface area contributed by atoms with Crippen LogP contribution >= 0.6 is 11.5 Å². The molecule has 1 N–H and O–H groups in total. The molecule has 0 saturated carbocycles. The monoisotopic (exact) mass is 197 g/mol. The van der Waals surface area contributed by atoms with Crippen LogP contribution < -0.4 is 5.32 Å². The quantitative estimate of drug-likeness (QED) is 0.750. The van der Waals surface area contributed by atoms with Crippen LogP contribution in [0.4, 0.5) is 5.00 Å². The van der Waals surface area contributed by atoms with Crippen LogP contribution in [0, 0.1) is 5.92 Å². The van der Waals surface area contributed by atoms with Crippen LogP contribution in [-0.4, -0.2) is 15.5 Å². The van der Waals surface area contributed by atoms with E-state index in [0.717, 1.165) is 11.5 Å². The number of hydrogen-bond donors (Lipinski definition) is 1. The number of nitrogens with zero attached hydrogens (tertiary/aromatic N) is 2. The summed E-state index contributed by atoms with van der Waals surface area (Å²) in [6.45, 7) is 4.02. The molecule has 1 aromatic rings. The molecule has 5 heteroatoms. The van der Waals surface area contributed by atoms with Gasteiger partial charge < -0.3 is 5.32 Å². The van der Waals surface area contributed by atoms with Gasteiger partial charge in [0.05, 0.1) is 6.20 Å². The summed E-state index contributed by atoms with van der Waals surface area (Å²) >= 11 is 1.16. The van der Waals surface area contributed by atoms with Gasteiger partial charge in [0.2, 0.25) is 5.91 Å². The SMILES string of the molecule is CC(C)/C=C/C(=O)Nc1cnns1. The van der Waals surface area contributed by atoms with Crippen molar-refractivity contribution in [2.24, 2.45) is 5.92 Å². The number of nitrogens with one attached hydrogen (secondary N) is 1. The summed E-state index contributed by atoms with van der Waals surface area (Å²) < 4.78 is 3.62. The lowest BCUT2D eigenvalue weighted by Gasteiger charge is -1.95. The van der Waals surface area contributed by atoms with Gasteiger partial charge in [-0.3, -0.25) is 4.79 Å². The smallest absolute Gasteiger partial charge is 0.248 e. The van der Waals surface area contributed by atoms with Crippen LogP contribution in [0.3, 0.4) is 0 Å². The maximum atomic E-state index is 11.2. The number of rotatable bonds is 3. The van der Waals surface area contributed by atoms with Crippen LogP contribution in [0.15, 0.2) is 18.3 Å². The lowest BCUT2D eigenvalue weighted by molar-refractivity contribution is -0.111. The molecule has 0 aliphatic carbocycles. The van der Waals surface area contributed by atoms with Gasteiger partial charge in [-0.1, -0.05) is 24.4 Å². The third-order valence-corrected chi connectivity index (χ3v) is 1.82. The summed E-state index contributed by atoms with van der Waals surface area (Å²) in [7, 11) is 0. The first-order chi connectivity index (χ1) is 6.18. The summed E-state index contributed by atoms with van der Waals surface area (Å²) in [4.78, 5) is 11.2. The molecule has 1 heterocycles. The standard InChI is InChI=1S/C8H11N3OS/c1-6(2)3-4-7(12)10-8-5-9-11-13-8/h3-6H,1-2H3,(H,10,12)/b4-3+. The Balaban J connectivity index is 2.43. The van der Waals surface area contributed by atoms with Crippen molar-refractivity contribution in [3.05, 3.63) is 18.3 Å². The fourth-order valence-corrected chi connectivity index (χ4v) is 1.09. The number of hydrogen-bond acceptors (Lipinski definition) is 4. The predicted octanol–water partition coefficient (Wildman–Crippen LogP) is 1.69. The lowest BCUT2D eigenvalue weighted by Crippen LogP contribution is -2.06. The summed E-state index contributed by atoms with van der Waals surface area (Å²) in [5.74, 6) is 0.241. The van der Waals surface area contributed by atoms with Crippen molar-refractivity contribution < 1.29 is 4.79 Å². The molecule has 0 spiro atoms. The fraction of sp³-hybridized carbons (Fsp3) is 0.375. The molecule has 0 atom stereocenters. The van der Waals surface area contributed by atoms with Gasteiger partial charge in [0.15, 0.2) is 0 Å². The minimum Gasteiger partial charge on any atom is -0.311 e. The van der Waals surface area contributed by atoms with E-state index in [2.05, 4.69) is 14.9 Å². The van der Waals surface area contributed by atoms with Gasteiger partial charge in [-0.2, -0.15) is 0 Å². The summed E-state index contributed by atoms with van der Waals surface area (Å²) in [5.41, 5.74) is 0. The van der Waals surface area contributed by atoms with Crippen molar-refractivity contribution in [2.75, 3.05) is 5.32 Å². The van der Waals surface area contributed by atoms with E-state index in [-0.39, 0.29) is 5.91 Å². The number of carbonyl (C=O) groups excluding carboxylic acids is 1. The second-order valence-electron chi connectivity index (χ2n) is 2.87. The van der Waals surface area contributed by atoms with Crippen molar-refractivity contribution >= 4 is 22.4 Å². The average Bonchev–Trinajstić information content (AvgIpc) is 2.53. The Bertz CT molecular complexity index is 292. The molecule has 13 heavy (non-hydrogen) atoms. The minimum absolute atomic E-state index is 0.139. The summed E-state index contributed by atoms with van der Waals surface area (Å²) in [6.07, 6.45) is 4.87. The zero-order valence-corrected chi connectivity index (χ0v) is 8.34. The van der Waals surface area contributed by atoms with Gasteiger partial charge in [0.1, 0.15) is 5.00 Å². The Morgan fingerprint density at radius 3 is 3.00 bits per heavy atom. The van der Waals surface area contributed by atoms with Crippen LogP contribution in [0.25, 0.3) is 0 Å². The molecule has 4 nitrogen and oxygen atoms in total. The van der Waals surface area contributed by atoms with E-state index in [4.69, 9.17) is 0 Å². The maximum absolute atomic E-state index is 11.2. The maximum Gasteiger partial charge on any atom is 0.248 e. The van der Waals surface area contributed by atoms with E-state index in [1.807, 2.05) is 19.9 Å². The van der Waals surface area contributed by atoms with Crippen molar-refractivity contribution in [3.63, 3.8) is 0 Å². The number of amides is 1. The van der Waals surface area contributed by atoms with Crippen molar-refractivity contribution in [1.82, 2.24) is 9.59 Å². The van der Waals surface area contributed by atoms with Gasteiger partial charge in [-0.15, -0.1) is 5.10 Å². The molecule has 70 valence electrons. The average molecular weight is 197 g/mol. The zero-order chi connectivity index (χ0) is 9.68. The van der Waals surface area contributed by atoms with Crippen molar-refractivity contribution in [1.29, 1.82) is 0 Å². The van der Waals surface area contributed by atoms with Crippen LogP contribution in [0.2, 0.25) is 0 Å². The highest BCUT2D eigenvalue weighted by molar-refractivity contribution is 7.10. The van der Waals surface area contributed by atoms with Gasteiger partial charge in [-0.05, 0) is 12.0 Å². The molecular formula is C8H11N3OS. The highest BCUT2D eigenvalue weighted by Crippen LogP contribution is 2.08. The molecule has 0 fully saturated rings. The van der Waals surface area contributed by atoms with E-state index in [9.17, 15) is 4.79 Å². The van der Waals surface area contributed by atoms with Gasteiger partial charge >= 0.3 is 0 Å². The molecule has 1 amide bonds. The van der Waals surface area contributed by atoms with E-state index in [1.54, 1.807) is 0 Å². The van der Waals surface area contributed by atoms with Gasteiger partial charge in [0.25, 0.3) is 0 Å². The Morgan fingerprint density at radius 1 is 1.69 bits per heavy atom. The number of carbonyl (C=O) groups is 1. The Labute approximate surface area is 80.8 Å². The van der Waals surface area contributed by atoms with Crippen molar-refractivity contribution in [2.45, 2.75) is 13.8 Å². The molecule has 0 saturated heterocycles. The Morgan fingerprint density at radius 2 is 2.46 bits per heavy atom. The molecular weight excluding hydrogens is 186 g/mol. The number of allylic oxidation sites excluding steroid dienone is 1. The van der Waals surface area contributed by atoms with Gasteiger partial charge in [-0.25, -0.2) is 0 Å². The minimum atomic E-state index is -0.139.